The minimum atomic E-state index is -0.147. The maximum Gasteiger partial charge on any atom is 0.255 e. The second-order valence-electron chi connectivity index (χ2n) is 5.19. The van der Waals surface area contributed by atoms with Crippen molar-refractivity contribution in [2.45, 2.75) is 17.8 Å². The normalized spacial score (nSPS) is 10.6. The Balaban J connectivity index is 1.61. The van der Waals surface area contributed by atoms with E-state index in [1.165, 1.54) is 6.33 Å². The summed E-state index contributed by atoms with van der Waals surface area (Å²) in [5.41, 5.74) is 3.37. The number of H-pyrrole nitrogens is 1. The van der Waals surface area contributed by atoms with E-state index < -0.39 is 0 Å². The third-order valence-corrected chi connectivity index (χ3v) is 4.77. The van der Waals surface area contributed by atoms with E-state index >= 15 is 0 Å². The molecule has 24 heavy (non-hydrogen) atoms. The zero-order valence-electron chi connectivity index (χ0n) is 12.9. The van der Waals surface area contributed by atoms with Crippen LogP contribution in [0.5, 0.6) is 0 Å². The number of amides is 1. The number of aryl methyl sites for hydroxylation is 1. The fourth-order valence-corrected chi connectivity index (χ4v) is 2.95. The molecule has 0 saturated heterocycles. The Morgan fingerprint density at radius 1 is 1.25 bits per heavy atom. The Bertz CT molecular complexity index is 834. The summed E-state index contributed by atoms with van der Waals surface area (Å²) in [6.07, 6.45) is 1.48. The van der Waals surface area contributed by atoms with E-state index in [2.05, 4.69) is 20.5 Å². The van der Waals surface area contributed by atoms with Crippen molar-refractivity contribution in [1.29, 1.82) is 0 Å². The standard InChI is InChI=1S/C17H15ClN4OS/c1-11-8-14(6-7-15(11)18)21-16(23)13-4-2-12(3-5-13)9-24-17-19-10-20-22-17/h2-8,10H,9H2,1H3,(H,21,23)(H,19,20,22). The molecule has 0 fully saturated rings. The molecular weight excluding hydrogens is 344 g/mol. The SMILES string of the molecule is Cc1cc(NC(=O)c2ccc(CSc3ncn[nH]3)cc2)ccc1Cl. The molecule has 1 amide bonds. The van der Waals surface area contributed by atoms with Gasteiger partial charge in [-0.25, -0.2) is 4.98 Å². The Kier molecular flexibility index (Phi) is 5.17. The molecule has 0 aliphatic carbocycles. The molecule has 0 bridgehead atoms. The third kappa shape index (κ3) is 4.15. The van der Waals surface area contributed by atoms with Gasteiger partial charge in [0, 0.05) is 22.0 Å². The summed E-state index contributed by atoms with van der Waals surface area (Å²) in [5, 5.41) is 10.9. The van der Waals surface area contributed by atoms with Crippen molar-refractivity contribution in [2.75, 3.05) is 5.32 Å². The summed E-state index contributed by atoms with van der Waals surface area (Å²) in [4.78, 5) is 16.4. The number of benzene rings is 2. The summed E-state index contributed by atoms with van der Waals surface area (Å²) < 4.78 is 0. The summed E-state index contributed by atoms with van der Waals surface area (Å²) in [6.45, 7) is 1.90. The molecule has 5 nitrogen and oxygen atoms in total. The molecule has 0 atom stereocenters. The maximum atomic E-state index is 12.3. The van der Waals surface area contributed by atoms with Crippen molar-refractivity contribution in [2.24, 2.45) is 0 Å². The lowest BCUT2D eigenvalue weighted by molar-refractivity contribution is 0.102. The van der Waals surface area contributed by atoms with Crippen LogP contribution in [0.15, 0.2) is 53.9 Å². The van der Waals surface area contributed by atoms with Crippen molar-refractivity contribution in [3.63, 3.8) is 0 Å². The molecule has 7 heteroatoms. The van der Waals surface area contributed by atoms with Crippen LogP contribution in [-0.4, -0.2) is 21.1 Å². The molecule has 3 rings (SSSR count). The van der Waals surface area contributed by atoms with Crippen molar-refractivity contribution in [3.8, 4) is 0 Å². The summed E-state index contributed by atoms with van der Waals surface area (Å²) >= 11 is 7.55. The van der Waals surface area contributed by atoms with E-state index in [4.69, 9.17) is 11.6 Å². The maximum absolute atomic E-state index is 12.3. The number of aromatic nitrogens is 3. The lowest BCUT2D eigenvalue weighted by Gasteiger charge is -2.08. The molecule has 0 radical (unpaired) electrons. The number of halogens is 1. The van der Waals surface area contributed by atoms with Crippen LogP contribution in [0.25, 0.3) is 0 Å². The second kappa shape index (κ2) is 7.51. The second-order valence-corrected chi connectivity index (χ2v) is 6.57. The number of rotatable bonds is 5. The van der Waals surface area contributed by atoms with E-state index in [-0.39, 0.29) is 5.91 Å². The molecule has 3 aromatic rings. The molecule has 122 valence electrons. The Morgan fingerprint density at radius 2 is 2.04 bits per heavy atom. The van der Waals surface area contributed by atoms with Crippen molar-refractivity contribution in [3.05, 3.63) is 70.5 Å². The number of anilines is 1. The number of carbonyl (C=O) groups excluding carboxylic acids is 1. The van der Waals surface area contributed by atoms with Crippen molar-refractivity contribution < 1.29 is 4.79 Å². The fourth-order valence-electron chi connectivity index (χ4n) is 2.09. The lowest BCUT2D eigenvalue weighted by atomic mass is 10.1. The average molecular weight is 359 g/mol. The molecule has 0 aliphatic heterocycles. The van der Waals surface area contributed by atoms with E-state index in [1.54, 1.807) is 23.9 Å². The van der Waals surface area contributed by atoms with Gasteiger partial charge in [0.25, 0.3) is 5.91 Å². The highest BCUT2D eigenvalue weighted by atomic mass is 35.5. The van der Waals surface area contributed by atoms with E-state index in [0.717, 1.165) is 27.7 Å². The van der Waals surface area contributed by atoms with Gasteiger partial charge < -0.3 is 5.32 Å². The third-order valence-electron chi connectivity index (χ3n) is 3.40. The number of hydrogen-bond acceptors (Lipinski definition) is 4. The van der Waals surface area contributed by atoms with Crippen LogP contribution in [-0.2, 0) is 5.75 Å². The minimum absolute atomic E-state index is 0.147. The first-order chi connectivity index (χ1) is 11.6. The van der Waals surface area contributed by atoms with Gasteiger partial charge in [0.1, 0.15) is 6.33 Å². The predicted molar refractivity (Wildman–Crippen MR) is 96.5 cm³/mol. The fraction of sp³-hybridized carbons (Fsp3) is 0.118. The van der Waals surface area contributed by atoms with Gasteiger partial charge in [-0.1, -0.05) is 35.5 Å². The Morgan fingerprint density at radius 3 is 2.71 bits per heavy atom. The van der Waals surface area contributed by atoms with Crippen LogP contribution in [0.4, 0.5) is 5.69 Å². The zero-order chi connectivity index (χ0) is 16.9. The van der Waals surface area contributed by atoms with Gasteiger partial charge in [-0.3, -0.25) is 9.89 Å². The van der Waals surface area contributed by atoms with Gasteiger partial charge in [-0.15, -0.1) is 0 Å². The molecule has 2 N–H and O–H groups in total. The lowest BCUT2D eigenvalue weighted by Crippen LogP contribution is -2.11. The van der Waals surface area contributed by atoms with Crippen molar-refractivity contribution in [1.82, 2.24) is 15.2 Å². The Hall–Kier alpha value is -2.31. The molecule has 0 spiro atoms. The van der Waals surface area contributed by atoms with E-state index in [1.807, 2.05) is 37.3 Å². The van der Waals surface area contributed by atoms with E-state index in [9.17, 15) is 4.79 Å². The van der Waals surface area contributed by atoms with Crippen LogP contribution < -0.4 is 5.32 Å². The molecular formula is C17H15ClN4OS. The van der Waals surface area contributed by atoms with Gasteiger partial charge in [-0.05, 0) is 48.4 Å². The summed E-state index contributed by atoms with van der Waals surface area (Å²) in [6, 6.07) is 12.9. The highest BCUT2D eigenvalue weighted by Gasteiger charge is 2.07. The number of hydrogen-bond donors (Lipinski definition) is 2. The first kappa shape index (κ1) is 16.5. The number of nitrogens with zero attached hydrogens (tertiary/aromatic N) is 2. The quantitative estimate of drug-likeness (QED) is 0.667. The van der Waals surface area contributed by atoms with Crippen LogP contribution in [0, 0.1) is 6.92 Å². The predicted octanol–water partition coefficient (Wildman–Crippen LogP) is 4.31. The zero-order valence-corrected chi connectivity index (χ0v) is 14.5. The van der Waals surface area contributed by atoms with Gasteiger partial charge in [-0.2, -0.15) is 5.10 Å². The first-order valence-electron chi connectivity index (χ1n) is 7.26. The highest BCUT2D eigenvalue weighted by molar-refractivity contribution is 7.98. The molecule has 1 aromatic heterocycles. The van der Waals surface area contributed by atoms with E-state index in [0.29, 0.717) is 10.6 Å². The highest BCUT2D eigenvalue weighted by Crippen LogP contribution is 2.21. The van der Waals surface area contributed by atoms with Crippen LogP contribution in [0.1, 0.15) is 21.5 Å². The minimum Gasteiger partial charge on any atom is -0.322 e. The Labute approximate surface area is 148 Å². The van der Waals surface area contributed by atoms with Gasteiger partial charge in [0.15, 0.2) is 5.16 Å². The summed E-state index contributed by atoms with van der Waals surface area (Å²) in [7, 11) is 0. The number of thioether (sulfide) groups is 1. The topological polar surface area (TPSA) is 70.7 Å². The molecule has 1 heterocycles. The monoisotopic (exact) mass is 358 g/mol. The van der Waals surface area contributed by atoms with Gasteiger partial charge in [0.2, 0.25) is 0 Å². The van der Waals surface area contributed by atoms with Crippen LogP contribution >= 0.6 is 23.4 Å². The van der Waals surface area contributed by atoms with Crippen molar-refractivity contribution >= 4 is 35.0 Å². The average Bonchev–Trinajstić information content (AvgIpc) is 3.10. The largest absolute Gasteiger partial charge is 0.322 e. The molecule has 0 unspecified atom stereocenters. The first-order valence-corrected chi connectivity index (χ1v) is 8.63. The number of carbonyl (C=O) groups is 1. The van der Waals surface area contributed by atoms with Crippen LogP contribution in [0.3, 0.4) is 0 Å². The smallest absolute Gasteiger partial charge is 0.255 e. The number of nitrogens with one attached hydrogen (secondary N) is 2. The van der Waals surface area contributed by atoms with Gasteiger partial charge in [0.05, 0.1) is 0 Å². The number of aromatic amines is 1. The van der Waals surface area contributed by atoms with Crippen LogP contribution in [0.2, 0.25) is 5.02 Å². The summed E-state index contributed by atoms with van der Waals surface area (Å²) in [5.74, 6) is 0.610. The molecule has 0 saturated carbocycles. The molecule has 0 aliphatic rings. The van der Waals surface area contributed by atoms with Gasteiger partial charge >= 0.3 is 0 Å². The molecule has 2 aromatic carbocycles.